The predicted molar refractivity (Wildman–Crippen MR) is 78.6 cm³/mol. The van der Waals surface area contributed by atoms with Crippen molar-refractivity contribution >= 4 is 5.97 Å². The van der Waals surface area contributed by atoms with Crippen molar-refractivity contribution in [1.29, 1.82) is 5.26 Å². The van der Waals surface area contributed by atoms with Gasteiger partial charge in [0, 0.05) is 18.6 Å². The predicted octanol–water partition coefficient (Wildman–Crippen LogP) is 2.75. The monoisotopic (exact) mass is 287 g/mol. The Morgan fingerprint density at radius 2 is 2.00 bits per heavy atom. The van der Waals surface area contributed by atoms with E-state index < -0.39 is 17.3 Å². The van der Waals surface area contributed by atoms with Gasteiger partial charge in [0.2, 0.25) is 0 Å². The van der Waals surface area contributed by atoms with Crippen molar-refractivity contribution in [2.75, 3.05) is 19.8 Å². The first-order valence-electron chi connectivity index (χ1n) is 7.35. The minimum atomic E-state index is -0.788. The minimum Gasteiger partial charge on any atom is -0.465 e. The van der Waals surface area contributed by atoms with E-state index in [1.165, 1.54) is 0 Å². The molecule has 21 heavy (non-hydrogen) atoms. The smallest absolute Gasteiger partial charge is 0.324 e. The van der Waals surface area contributed by atoms with Crippen LogP contribution in [0.4, 0.5) is 0 Å². The normalized spacial score (nSPS) is 18.5. The molecule has 112 valence electrons. The first-order chi connectivity index (χ1) is 10.1. The van der Waals surface area contributed by atoms with Crippen LogP contribution >= 0.6 is 0 Å². The Bertz CT molecular complexity index is 524. The van der Waals surface area contributed by atoms with Crippen molar-refractivity contribution in [3.8, 4) is 6.07 Å². The summed E-state index contributed by atoms with van der Waals surface area (Å²) in [5.41, 5.74) is 1.68. The van der Waals surface area contributed by atoms with E-state index in [0.29, 0.717) is 26.1 Å². The first kappa shape index (κ1) is 15.5. The first-order valence-corrected chi connectivity index (χ1v) is 7.35. The van der Waals surface area contributed by atoms with E-state index in [4.69, 9.17) is 9.47 Å². The van der Waals surface area contributed by atoms with Crippen LogP contribution in [-0.4, -0.2) is 25.8 Å². The molecule has 4 nitrogen and oxygen atoms in total. The van der Waals surface area contributed by atoms with Crippen LogP contribution in [0.25, 0.3) is 0 Å². The zero-order valence-electron chi connectivity index (χ0n) is 12.6. The maximum absolute atomic E-state index is 12.2. The molecule has 0 bridgehead atoms. The molecule has 1 atom stereocenters. The third-order valence-electron chi connectivity index (χ3n) is 4.22. The van der Waals surface area contributed by atoms with Gasteiger partial charge in [0.1, 0.15) is 0 Å². The van der Waals surface area contributed by atoms with Gasteiger partial charge in [0.25, 0.3) is 0 Å². The Kier molecular flexibility index (Phi) is 4.98. The molecule has 1 aromatic rings. The molecule has 0 spiro atoms. The number of carbonyl (C=O) groups excluding carboxylic acids is 1. The largest absolute Gasteiger partial charge is 0.465 e. The van der Waals surface area contributed by atoms with E-state index >= 15 is 0 Å². The lowest BCUT2D eigenvalue weighted by atomic mass is 9.65. The molecule has 1 aromatic carbocycles. The number of rotatable bonds is 4. The molecule has 4 heteroatoms. The average molecular weight is 287 g/mol. The van der Waals surface area contributed by atoms with Crippen LogP contribution in [-0.2, 0) is 19.7 Å². The van der Waals surface area contributed by atoms with Crippen LogP contribution in [0.2, 0.25) is 0 Å². The molecule has 0 aliphatic carbocycles. The SMILES string of the molecule is CCOC(=O)C(C#N)C1(c2ccc(C)cc2)CCOCC1. The van der Waals surface area contributed by atoms with E-state index in [1.54, 1.807) is 6.92 Å². The van der Waals surface area contributed by atoms with Crippen LogP contribution in [0.5, 0.6) is 0 Å². The summed E-state index contributed by atoms with van der Waals surface area (Å²) in [6, 6.07) is 10.3. The number of esters is 1. The molecular formula is C17H21NO3. The maximum atomic E-state index is 12.2. The van der Waals surface area contributed by atoms with Gasteiger partial charge in [-0.15, -0.1) is 0 Å². The lowest BCUT2D eigenvalue weighted by Gasteiger charge is -2.40. The summed E-state index contributed by atoms with van der Waals surface area (Å²) in [6.45, 7) is 5.19. The Morgan fingerprint density at radius 3 is 2.52 bits per heavy atom. The van der Waals surface area contributed by atoms with Crippen LogP contribution < -0.4 is 0 Å². The quantitative estimate of drug-likeness (QED) is 0.799. The number of hydrogen-bond donors (Lipinski definition) is 0. The Balaban J connectivity index is 2.43. The van der Waals surface area contributed by atoms with E-state index in [0.717, 1.165) is 11.1 Å². The van der Waals surface area contributed by atoms with Crippen LogP contribution in [0.3, 0.4) is 0 Å². The highest BCUT2D eigenvalue weighted by Gasteiger charge is 2.46. The second kappa shape index (κ2) is 6.73. The fraction of sp³-hybridized carbons (Fsp3) is 0.529. The lowest BCUT2D eigenvalue weighted by Crippen LogP contribution is -2.44. The van der Waals surface area contributed by atoms with Gasteiger partial charge in [-0.05, 0) is 32.3 Å². The van der Waals surface area contributed by atoms with E-state index in [9.17, 15) is 10.1 Å². The molecule has 0 saturated carbocycles. The third kappa shape index (κ3) is 3.08. The van der Waals surface area contributed by atoms with Gasteiger partial charge in [0.15, 0.2) is 5.92 Å². The van der Waals surface area contributed by atoms with Crippen LogP contribution in [0.15, 0.2) is 24.3 Å². The summed E-state index contributed by atoms with van der Waals surface area (Å²) in [5.74, 6) is -1.22. The van der Waals surface area contributed by atoms with Gasteiger partial charge in [-0.25, -0.2) is 0 Å². The van der Waals surface area contributed by atoms with E-state index in [-0.39, 0.29) is 6.61 Å². The van der Waals surface area contributed by atoms with Gasteiger partial charge < -0.3 is 9.47 Å². The number of carbonyl (C=O) groups is 1. The van der Waals surface area contributed by atoms with Gasteiger partial charge in [-0.1, -0.05) is 29.8 Å². The van der Waals surface area contributed by atoms with Gasteiger partial charge >= 0.3 is 5.97 Å². The molecule has 2 rings (SSSR count). The number of nitriles is 1. The average Bonchev–Trinajstić information content (AvgIpc) is 2.50. The molecule has 1 fully saturated rings. The van der Waals surface area contributed by atoms with Crippen molar-refractivity contribution in [2.24, 2.45) is 5.92 Å². The fourth-order valence-electron chi connectivity index (χ4n) is 2.99. The van der Waals surface area contributed by atoms with Crippen molar-refractivity contribution in [1.82, 2.24) is 0 Å². The van der Waals surface area contributed by atoms with Gasteiger partial charge in [-0.3, -0.25) is 4.79 Å². The molecule has 1 unspecified atom stereocenters. The Labute approximate surface area is 125 Å². The molecule has 1 aliphatic heterocycles. The number of ether oxygens (including phenoxy) is 2. The summed E-state index contributed by atoms with van der Waals surface area (Å²) in [6.07, 6.45) is 1.32. The van der Waals surface area contributed by atoms with Crippen molar-refractivity contribution in [2.45, 2.75) is 32.1 Å². The van der Waals surface area contributed by atoms with Crippen molar-refractivity contribution in [3.05, 3.63) is 35.4 Å². The fourth-order valence-corrected chi connectivity index (χ4v) is 2.99. The number of benzene rings is 1. The molecule has 0 aromatic heterocycles. The standard InChI is InChI=1S/C17H21NO3/c1-3-21-16(19)15(12-18)17(8-10-20-11-9-17)14-6-4-13(2)5-7-14/h4-7,15H,3,8-11H2,1-2H3. The van der Waals surface area contributed by atoms with Gasteiger partial charge in [0.05, 0.1) is 12.7 Å². The minimum absolute atomic E-state index is 0.289. The van der Waals surface area contributed by atoms with Crippen molar-refractivity contribution < 1.29 is 14.3 Å². The Hall–Kier alpha value is -1.86. The highest BCUT2D eigenvalue weighted by molar-refractivity contribution is 5.77. The van der Waals surface area contributed by atoms with E-state index in [1.807, 2.05) is 31.2 Å². The molecule has 0 radical (unpaired) electrons. The van der Waals surface area contributed by atoms with E-state index in [2.05, 4.69) is 6.07 Å². The number of hydrogen-bond acceptors (Lipinski definition) is 4. The molecule has 1 aliphatic rings. The van der Waals surface area contributed by atoms with Crippen LogP contribution in [0, 0.1) is 24.2 Å². The highest BCUT2D eigenvalue weighted by Crippen LogP contribution is 2.42. The van der Waals surface area contributed by atoms with Gasteiger partial charge in [-0.2, -0.15) is 5.26 Å². The number of nitrogens with zero attached hydrogens (tertiary/aromatic N) is 1. The summed E-state index contributed by atoms with van der Waals surface area (Å²) in [7, 11) is 0. The topological polar surface area (TPSA) is 59.3 Å². The van der Waals surface area contributed by atoms with Crippen molar-refractivity contribution in [3.63, 3.8) is 0 Å². The van der Waals surface area contributed by atoms with Crippen LogP contribution in [0.1, 0.15) is 30.9 Å². The molecular weight excluding hydrogens is 266 g/mol. The third-order valence-corrected chi connectivity index (χ3v) is 4.22. The number of aryl methyl sites for hydroxylation is 1. The second-order valence-corrected chi connectivity index (χ2v) is 5.45. The highest BCUT2D eigenvalue weighted by atomic mass is 16.5. The summed E-state index contributed by atoms with van der Waals surface area (Å²) >= 11 is 0. The zero-order chi connectivity index (χ0) is 15.3. The maximum Gasteiger partial charge on any atom is 0.324 e. The molecule has 1 heterocycles. The zero-order valence-corrected chi connectivity index (χ0v) is 12.6. The Morgan fingerprint density at radius 1 is 1.38 bits per heavy atom. The summed E-state index contributed by atoms with van der Waals surface area (Å²) in [5, 5.41) is 9.56. The molecule has 1 saturated heterocycles. The second-order valence-electron chi connectivity index (χ2n) is 5.45. The summed E-state index contributed by atoms with van der Waals surface area (Å²) in [4.78, 5) is 12.2. The molecule has 0 amide bonds. The lowest BCUT2D eigenvalue weighted by molar-refractivity contribution is -0.149. The molecule has 0 N–H and O–H groups in total. The summed E-state index contributed by atoms with van der Waals surface area (Å²) < 4.78 is 10.6.